The van der Waals surface area contributed by atoms with Gasteiger partial charge in [-0.3, -0.25) is 4.90 Å². The first-order valence-electron chi connectivity index (χ1n) is 10.2. The van der Waals surface area contributed by atoms with Crippen LogP contribution in [0, 0.1) is 12.8 Å². The van der Waals surface area contributed by atoms with Crippen molar-refractivity contribution in [2.45, 2.75) is 39.8 Å². The lowest BCUT2D eigenvalue weighted by molar-refractivity contribution is 0.00752. The third-order valence-electron chi connectivity index (χ3n) is 5.14. The molecule has 1 aromatic rings. The van der Waals surface area contributed by atoms with Gasteiger partial charge in [0.1, 0.15) is 12.4 Å². The third kappa shape index (κ3) is 7.25. The molecule has 0 amide bonds. The standard InChI is InChI=1S/C19H37N7OS/c1-15(2)17(26-8-10-27-11-9-26)13-21-19(20-7-6-12-28-5)22-14-18-24-23-16(3)25(18)4/h15,17H,6-14H2,1-5H3,(H2,20,21,22). The van der Waals surface area contributed by atoms with Crippen molar-refractivity contribution in [2.75, 3.05) is 51.4 Å². The van der Waals surface area contributed by atoms with E-state index in [9.17, 15) is 0 Å². The van der Waals surface area contributed by atoms with Gasteiger partial charge in [-0.25, -0.2) is 4.99 Å². The van der Waals surface area contributed by atoms with Crippen LogP contribution < -0.4 is 10.6 Å². The van der Waals surface area contributed by atoms with Crippen molar-refractivity contribution in [2.24, 2.45) is 18.0 Å². The second-order valence-corrected chi connectivity index (χ2v) is 8.49. The SMILES string of the molecule is CSCCCNC(=NCc1nnc(C)n1C)NCC(C(C)C)N1CCOCC1. The summed E-state index contributed by atoms with van der Waals surface area (Å²) < 4.78 is 7.50. The van der Waals surface area contributed by atoms with Crippen LogP contribution in [0.5, 0.6) is 0 Å². The number of aryl methyl sites for hydroxylation is 1. The zero-order chi connectivity index (χ0) is 20.4. The molecule has 1 aliphatic heterocycles. The van der Waals surface area contributed by atoms with Gasteiger partial charge in [-0.05, 0) is 31.3 Å². The Hall–Kier alpha value is -1.32. The van der Waals surface area contributed by atoms with Crippen LogP contribution in [0.4, 0.5) is 0 Å². The topological polar surface area (TPSA) is 79.6 Å². The van der Waals surface area contributed by atoms with E-state index in [0.29, 0.717) is 18.5 Å². The molecule has 1 fully saturated rings. The van der Waals surface area contributed by atoms with Crippen LogP contribution in [-0.4, -0.2) is 83.1 Å². The molecule has 0 saturated carbocycles. The maximum absolute atomic E-state index is 5.52. The Labute approximate surface area is 173 Å². The minimum Gasteiger partial charge on any atom is -0.379 e. The van der Waals surface area contributed by atoms with Gasteiger partial charge in [-0.2, -0.15) is 11.8 Å². The summed E-state index contributed by atoms with van der Waals surface area (Å²) >= 11 is 1.87. The molecule has 1 aromatic heterocycles. The van der Waals surface area contributed by atoms with Gasteiger partial charge in [-0.1, -0.05) is 13.8 Å². The van der Waals surface area contributed by atoms with Crippen LogP contribution in [0.15, 0.2) is 4.99 Å². The van der Waals surface area contributed by atoms with Crippen LogP contribution in [0.3, 0.4) is 0 Å². The number of thioether (sulfide) groups is 1. The first-order chi connectivity index (χ1) is 13.5. The van der Waals surface area contributed by atoms with Gasteiger partial charge < -0.3 is 19.9 Å². The van der Waals surface area contributed by atoms with Crippen molar-refractivity contribution in [3.63, 3.8) is 0 Å². The molecule has 0 spiro atoms. The van der Waals surface area contributed by atoms with Crippen molar-refractivity contribution in [3.8, 4) is 0 Å². The number of morpholine rings is 1. The highest BCUT2D eigenvalue weighted by Crippen LogP contribution is 2.12. The quantitative estimate of drug-likeness (QED) is 0.341. The summed E-state index contributed by atoms with van der Waals surface area (Å²) in [5.41, 5.74) is 0. The maximum atomic E-state index is 5.52. The first kappa shape index (κ1) is 23.0. The summed E-state index contributed by atoms with van der Waals surface area (Å²) in [5, 5.41) is 15.4. The van der Waals surface area contributed by atoms with Gasteiger partial charge in [0.25, 0.3) is 0 Å². The van der Waals surface area contributed by atoms with E-state index in [1.165, 1.54) is 0 Å². The van der Waals surface area contributed by atoms with E-state index in [1.54, 1.807) is 0 Å². The van der Waals surface area contributed by atoms with E-state index in [2.05, 4.69) is 45.8 Å². The zero-order valence-electron chi connectivity index (χ0n) is 18.1. The van der Waals surface area contributed by atoms with Crippen LogP contribution in [0.1, 0.15) is 31.9 Å². The number of aromatic nitrogens is 3. The summed E-state index contributed by atoms with van der Waals surface area (Å²) in [4.78, 5) is 7.29. The van der Waals surface area contributed by atoms with E-state index in [-0.39, 0.29) is 0 Å². The first-order valence-corrected chi connectivity index (χ1v) is 11.6. The summed E-state index contributed by atoms with van der Waals surface area (Å²) in [6.07, 6.45) is 3.25. The Kier molecular flexibility index (Phi) is 10.1. The average Bonchev–Trinajstić information content (AvgIpc) is 3.01. The van der Waals surface area contributed by atoms with Crippen molar-refractivity contribution < 1.29 is 4.74 Å². The van der Waals surface area contributed by atoms with Crippen LogP contribution >= 0.6 is 11.8 Å². The fourth-order valence-corrected chi connectivity index (χ4v) is 3.67. The summed E-state index contributed by atoms with van der Waals surface area (Å²) in [5.74, 6) is 4.33. The van der Waals surface area contributed by atoms with E-state index < -0.39 is 0 Å². The number of aliphatic imine (C=N–C) groups is 1. The number of ether oxygens (including phenoxy) is 1. The summed E-state index contributed by atoms with van der Waals surface area (Å²) in [7, 11) is 1.98. The molecule has 0 aromatic carbocycles. The van der Waals surface area contributed by atoms with Crippen LogP contribution in [0.25, 0.3) is 0 Å². The van der Waals surface area contributed by atoms with E-state index in [1.807, 2.05) is 30.3 Å². The normalized spacial score (nSPS) is 17.1. The lowest BCUT2D eigenvalue weighted by Crippen LogP contribution is -2.52. The molecule has 2 N–H and O–H groups in total. The average molecular weight is 412 g/mol. The predicted octanol–water partition coefficient (Wildman–Crippen LogP) is 1.27. The fraction of sp³-hybridized carbons (Fsp3) is 0.842. The van der Waals surface area contributed by atoms with Gasteiger partial charge in [0, 0.05) is 39.3 Å². The minimum atomic E-state index is 0.458. The highest BCUT2D eigenvalue weighted by molar-refractivity contribution is 7.98. The predicted molar refractivity (Wildman–Crippen MR) is 117 cm³/mol. The third-order valence-corrected chi connectivity index (χ3v) is 5.84. The molecule has 2 heterocycles. The van der Waals surface area contributed by atoms with Crippen molar-refractivity contribution in [1.29, 1.82) is 0 Å². The zero-order valence-corrected chi connectivity index (χ0v) is 18.9. The number of guanidine groups is 1. The van der Waals surface area contributed by atoms with Gasteiger partial charge in [0.15, 0.2) is 11.8 Å². The number of hydrogen-bond acceptors (Lipinski definition) is 6. The minimum absolute atomic E-state index is 0.458. The molecular weight excluding hydrogens is 374 g/mol. The number of nitrogens with one attached hydrogen (secondary N) is 2. The van der Waals surface area contributed by atoms with Crippen molar-refractivity contribution >= 4 is 17.7 Å². The monoisotopic (exact) mass is 411 g/mol. The Morgan fingerprint density at radius 3 is 2.61 bits per heavy atom. The molecule has 0 aliphatic carbocycles. The van der Waals surface area contributed by atoms with Gasteiger partial charge >= 0.3 is 0 Å². The van der Waals surface area contributed by atoms with E-state index in [4.69, 9.17) is 9.73 Å². The molecule has 2 rings (SSSR count). The number of hydrogen-bond donors (Lipinski definition) is 2. The summed E-state index contributed by atoms with van der Waals surface area (Å²) in [6, 6.07) is 0.458. The van der Waals surface area contributed by atoms with Gasteiger partial charge in [0.05, 0.1) is 13.2 Å². The molecule has 0 radical (unpaired) electrons. The van der Waals surface area contributed by atoms with Gasteiger partial charge in [0.2, 0.25) is 0 Å². The molecule has 8 nitrogen and oxygen atoms in total. The molecular formula is C19H37N7OS. The molecule has 28 heavy (non-hydrogen) atoms. The lowest BCUT2D eigenvalue weighted by Gasteiger charge is -2.37. The van der Waals surface area contributed by atoms with Gasteiger partial charge in [-0.15, -0.1) is 10.2 Å². The Morgan fingerprint density at radius 1 is 1.25 bits per heavy atom. The number of nitrogens with zero attached hydrogens (tertiary/aromatic N) is 5. The highest BCUT2D eigenvalue weighted by Gasteiger charge is 2.23. The van der Waals surface area contributed by atoms with Crippen molar-refractivity contribution in [3.05, 3.63) is 11.6 Å². The smallest absolute Gasteiger partial charge is 0.191 e. The second-order valence-electron chi connectivity index (χ2n) is 7.50. The molecule has 1 aliphatic rings. The highest BCUT2D eigenvalue weighted by atomic mass is 32.2. The van der Waals surface area contributed by atoms with E-state index in [0.717, 1.165) is 69.2 Å². The molecule has 1 atom stereocenters. The molecule has 0 bridgehead atoms. The maximum Gasteiger partial charge on any atom is 0.191 e. The molecule has 1 unspecified atom stereocenters. The molecule has 1 saturated heterocycles. The Morgan fingerprint density at radius 2 is 2.00 bits per heavy atom. The molecule has 160 valence electrons. The van der Waals surface area contributed by atoms with E-state index >= 15 is 0 Å². The van der Waals surface area contributed by atoms with Crippen LogP contribution in [-0.2, 0) is 18.3 Å². The Balaban J connectivity index is 1.98. The lowest BCUT2D eigenvalue weighted by atomic mass is 10.0. The largest absolute Gasteiger partial charge is 0.379 e. The Bertz CT molecular complexity index is 599. The van der Waals surface area contributed by atoms with Crippen molar-refractivity contribution in [1.82, 2.24) is 30.3 Å². The summed E-state index contributed by atoms with van der Waals surface area (Å²) in [6.45, 7) is 12.4. The van der Waals surface area contributed by atoms with Crippen LogP contribution in [0.2, 0.25) is 0 Å². The number of rotatable bonds is 10. The molecule has 9 heteroatoms. The second kappa shape index (κ2) is 12.3. The fourth-order valence-electron chi connectivity index (χ4n) is 3.23.